The van der Waals surface area contributed by atoms with Crippen LogP contribution in [0.4, 0.5) is 0 Å². The highest BCUT2D eigenvalue weighted by Gasteiger charge is 2.17. The maximum absolute atomic E-state index is 2.34. The van der Waals surface area contributed by atoms with E-state index >= 15 is 0 Å². The Morgan fingerprint density at radius 3 is 1.97 bits per heavy atom. The Hall–Kier alpha value is -3.19. The van der Waals surface area contributed by atoms with Crippen LogP contribution in [-0.4, -0.2) is 0 Å². The number of nitrogens with zero attached hydrogens (tertiary/aromatic N) is 1. The van der Waals surface area contributed by atoms with E-state index < -0.39 is 0 Å². The van der Waals surface area contributed by atoms with Crippen LogP contribution in [-0.2, 0) is 7.05 Å². The molecule has 0 fully saturated rings. The Morgan fingerprint density at radius 1 is 0.586 bits per heavy atom. The number of aromatic nitrogens is 1. The molecular formula is C28H28N+. The van der Waals surface area contributed by atoms with E-state index in [0.29, 0.717) is 0 Å². The molecule has 0 aliphatic carbocycles. The zero-order chi connectivity index (χ0) is 20.5. The summed E-state index contributed by atoms with van der Waals surface area (Å²) < 4.78 is 2.22. The molecule has 4 aromatic rings. The number of aryl methyl sites for hydroxylation is 5. The van der Waals surface area contributed by atoms with E-state index in [4.69, 9.17) is 0 Å². The van der Waals surface area contributed by atoms with Gasteiger partial charge in [0.2, 0.25) is 5.69 Å². The molecule has 1 heteroatoms. The topological polar surface area (TPSA) is 3.88 Å². The molecule has 1 nitrogen and oxygen atoms in total. The fraction of sp³-hybridized carbons (Fsp3) is 0.179. The summed E-state index contributed by atoms with van der Waals surface area (Å²) in [6.45, 7) is 8.78. The minimum Gasteiger partial charge on any atom is -0.201 e. The summed E-state index contributed by atoms with van der Waals surface area (Å²) >= 11 is 0. The van der Waals surface area contributed by atoms with Crippen LogP contribution in [0, 0.1) is 27.7 Å². The summed E-state index contributed by atoms with van der Waals surface area (Å²) in [7, 11) is 2.13. The van der Waals surface area contributed by atoms with Crippen LogP contribution in [0.15, 0.2) is 79.0 Å². The van der Waals surface area contributed by atoms with Gasteiger partial charge in [-0.05, 0) is 72.7 Å². The van der Waals surface area contributed by atoms with Crippen molar-refractivity contribution in [3.05, 3.63) is 101 Å². The van der Waals surface area contributed by atoms with Crippen LogP contribution in [0.2, 0.25) is 0 Å². The lowest BCUT2D eigenvalue weighted by Gasteiger charge is -2.13. The van der Waals surface area contributed by atoms with Crippen molar-refractivity contribution in [1.29, 1.82) is 0 Å². The van der Waals surface area contributed by atoms with Gasteiger partial charge in [0, 0.05) is 17.7 Å². The number of hydrogen-bond acceptors (Lipinski definition) is 0. The highest BCUT2D eigenvalue weighted by molar-refractivity contribution is 5.77. The molecule has 144 valence electrons. The first-order valence-electron chi connectivity index (χ1n) is 10.2. The molecular weight excluding hydrogens is 350 g/mol. The highest BCUT2D eigenvalue weighted by Crippen LogP contribution is 2.32. The van der Waals surface area contributed by atoms with Gasteiger partial charge >= 0.3 is 0 Å². The summed E-state index contributed by atoms with van der Waals surface area (Å²) in [4.78, 5) is 0. The largest absolute Gasteiger partial charge is 0.213 e. The standard InChI is InChI=1S/C28H28N/c1-19-15-21(3)28(22(4)16-19)25-13-14-29(5)27(18-25)26-17-24(12-11-20(26)2)23-9-7-6-8-10-23/h6-18H,1-5H3/q+1. The fourth-order valence-corrected chi connectivity index (χ4v) is 4.34. The molecule has 4 rings (SSSR count). The third kappa shape index (κ3) is 3.73. The summed E-state index contributed by atoms with van der Waals surface area (Å²) in [6.07, 6.45) is 2.18. The van der Waals surface area contributed by atoms with E-state index in [0.717, 1.165) is 0 Å². The predicted molar refractivity (Wildman–Crippen MR) is 123 cm³/mol. The first-order valence-corrected chi connectivity index (χ1v) is 10.2. The van der Waals surface area contributed by atoms with Gasteiger partial charge in [-0.3, -0.25) is 0 Å². The molecule has 1 heterocycles. The second-order valence-corrected chi connectivity index (χ2v) is 8.08. The molecule has 0 atom stereocenters. The SMILES string of the molecule is Cc1cc(C)c(-c2cc[n+](C)c(-c3cc(-c4ccccc4)ccc3C)c2)c(C)c1. The molecule has 3 aromatic carbocycles. The predicted octanol–water partition coefficient (Wildman–Crippen LogP) is 6.75. The van der Waals surface area contributed by atoms with Crippen LogP contribution in [0.3, 0.4) is 0 Å². The third-order valence-corrected chi connectivity index (χ3v) is 5.74. The third-order valence-electron chi connectivity index (χ3n) is 5.74. The zero-order valence-electron chi connectivity index (χ0n) is 18.0. The molecule has 1 aromatic heterocycles. The molecule has 0 saturated carbocycles. The van der Waals surface area contributed by atoms with Crippen molar-refractivity contribution in [2.75, 3.05) is 0 Å². The fourth-order valence-electron chi connectivity index (χ4n) is 4.34. The number of pyridine rings is 1. The Kier molecular flexibility index (Phi) is 5.07. The van der Waals surface area contributed by atoms with Crippen LogP contribution in [0.5, 0.6) is 0 Å². The normalized spacial score (nSPS) is 10.9. The molecule has 0 spiro atoms. The Balaban J connectivity index is 1.88. The van der Waals surface area contributed by atoms with Gasteiger partial charge in [0.1, 0.15) is 7.05 Å². The Bertz CT molecular complexity index is 1160. The average molecular weight is 379 g/mol. The molecule has 0 unspecified atom stereocenters. The molecule has 0 amide bonds. The van der Waals surface area contributed by atoms with E-state index in [1.807, 2.05) is 0 Å². The van der Waals surface area contributed by atoms with E-state index in [9.17, 15) is 0 Å². The van der Waals surface area contributed by atoms with Gasteiger partial charge in [0.25, 0.3) is 0 Å². The molecule has 29 heavy (non-hydrogen) atoms. The van der Waals surface area contributed by atoms with Crippen LogP contribution >= 0.6 is 0 Å². The van der Waals surface area contributed by atoms with Crippen LogP contribution in [0.25, 0.3) is 33.5 Å². The van der Waals surface area contributed by atoms with Crippen LogP contribution in [0.1, 0.15) is 22.3 Å². The molecule has 0 radical (unpaired) electrons. The second kappa shape index (κ2) is 7.67. The molecule has 0 N–H and O–H groups in total. The van der Waals surface area contributed by atoms with Crippen LogP contribution < -0.4 is 4.57 Å². The highest BCUT2D eigenvalue weighted by atomic mass is 14.9. The van der Waals surface area contributed by atoms with Gasteiger partial charge in [-0.25, -0.2) is 4.57 Å². The van der Waals surface area contributed by atoms with Gasteiger partial charge in [-0.2, -0.15) is 0 Å². The van der Waals surface area contributed by atoms with E-state index in [-0.39, 0.29) is 0 Å². The maximum atomic E-state index is 2.34. The zero-order valence-corrected chi connectivity index (χ0v) is 18.0. The quantitative estimate of drug-likeness (QED) is 0.347. The van der Waals surface area contributed by atoms with Gasteiger partial charge in [-0.15, -0.1) is 0 Å². The van der Waals surface area contributed by atoms with Gasteiger partial charge in [-0.1, -0.05) is 60.2 Å². The summed E-state index contributed by atoms with van der Waals surface area (Å²) in [5.74, 6) is 0. The van der Waals surface area contributed by atoms with Crippen molar-refractivity contribution >= 4 is 0 Å². The number of hydrogen-bond donors (Lipinski definition) is 0. The second-order valence-electron chi connectivity index (χ2n) is 8.08. The summed E-state index contributed by atoms with van der Waals surface area (Å²) in [5, 5.41) is 0. The molecule has 0 aliphatic rings. The van der Waals surface area contributed by atoms with E-state index in [1.54, 1.807) is 0 Å². The monoisotopic (exact) mass is 378 g/mol. The lowest BCUT2D eigenvalue weighted by Crippen LogP contribution is -2.30. The van der Waals surface area contributed by atoms with Crippen molar-refractivity contribution < 1.29 is 4.57 Å². The summed E-state index contributed by atoms with van der Waals surface area (Å²) in [6, 6.07) is 26.5. The van der Waals surface area contributed by atoms with E-state index in [2.05, 4.69) is 118 Å². The number of rotatable bonds is 3. The lowest BCUT2D eigenvalue weighted by atomic mass is 9.92. The van der Waals surface area contributed by atoms with Crippen molar-refractivity contribution in [3.63, 3.8) is 0 Å². The molecule has 0 aliphatic heterocycles. The molecule has 0 bridgehead atoms. The lowest BCUT2D eigenvalue weighted by molar-refractivity contribution is -0.660. The van der Waals surface area contributed by atoms with Gasteiger partial charge < -0.3 is 0 Å². The molecule has 0 saturated heterocycles. The van der Waals surface area contributed by atoms with Crippen molar-refractivity contribution in [2.24, 2.45) is 7.05 Å². The van der Waals surface area contributed by atoms with Crippen molar-refractivity contribution in [2.45, 2.75) is 27.7 Å². The summed E-state index contributed by atoms with van der Waals surface area (Å²) in [5.41, 5.74) is 12.9. The minimum absolute atomic E-state index is 1.23. The first-order chi connectivity index (χ1) is 13.9. The van der Waals surface area contributed by atoms with Crippen molar-refractivity contribution in [1.82, 2.24) is 0 Å². The average Bonchev–Trinajstić information content (AvgIpc) is 2.70. The van der Waals surface area contributed by atoms with Gasteiger partial charge in [0.15, 0.2) is 6.20 Å². The van der Waals surface area contributed by atoms with Gasteiger partial charge in [0.05, 0.1) is 0 Å². The maximum Gasteiger partial charge on any atom is 0.213 e. The van der Waals surface area contributed by atoms with E-state index in [1.165, 1.54) is 55.8 Å². The number of benzene rings is 3. The Morgan fingerprint density at radius 2 is 1.28 bits per heavy atom. The Labute approximate surface area is 174 Å². The smallest absolute Gasteiger partial charge is 0.201 e. The first kappa shape index (κ1) is 19.1. The minimum atomic E-state index is 1.23. The van der Waals surface area contributed by atoms with Crippen molar-refractivity contribution in [3.8, 4) is 33.5 Å².